The van der Waals surface area contributed by atoms with Gasteiger partial charge in [-0.15, -0.1) is 0 Å². The Morgan fingerprint density at radius 3 is 2.55 bits per heavy atom. The van der Waals surface area contributed by atoms with E-state index in [1.807, 2.05) is 0 Å². The van der Waals surface area contributed by atoms with E-state index in [0.717, 1.165) is 11.7 Å². The summed E-state index contributed by atoms with van der Waals surface area (Å²) in [5.74, 6) is 1.82. The molecule has 2 aliphatic rings. The lowest BCUT2D eigenvalue weighted by Gasteiger charge is -2.34. The molecule has 0 amide bonds. The fraction of sp³-hybridized carbons (Fsp3) is 1.00. The number of rotatable bonds is 0. The van der Waals surface area contributed by atoms with Gasteiger partial charge in [-0.1, -0.05) is 12.8 Å². The Balaban J connectivity index is 2.05. The van der Waals surface area contributed by atoms with Crippen LogP contribution in [0.25, 0.3) is 0 Å². The van der Waals surface area contributed by atoms with E-state index >= 15 is 0 Å². The maximum absolute atomic E-state index is 11.5. The van der Waals surface area contributed by atoms with E-state index in [2.05, 4.69) is 0 Å². The molecule has 0 spiro atoms. The van der Waals surface area contributed by atoms with Crippen molar-refractivity contribution in [1.82, 2.24) is 0 Å². The van der Waals surface area contributed by atoms with Crippen molar-refractivity contribution < 1.29 is 4.21 Å². The zero-order valence-electron chi connectivity index (χ0n) is 6.92. The second-order valence-corrected chi connectivity index (χ2v) is 5.59. The minimum absolute atomic E-state index is 0.457. The average Bonchev–Trinajstić information content (AvgIpc) is 2.06. The summed E-state index contributed by atoms with van der Waals surface area (Å²) in [5, 5.41) is 0.595. The fourth-order valence-electron chi connectivity index (χ4n) is 2.49. The third-order valence-electron chi connectivity index (χ3n) is 3.10. The molecule has 2 fully saturated rings. The van der Waals surface area contributed by atoms with Gasteiger partial charge in [0.05, 0.1) is 0 Å². The van der Waals surface area contributed by atoms with Crippen LogP contribution in [0.1, 0.15) is 38.5 Å². The molecule has 1 aliphatic carbocycles. The summed E-state index contributed by atoms with van der Waals surface area (Å²) in [4.78, 5) is 0. The Kier molecular flexibility index (Phi) is 2.30. The molecule has 0 radical (unpaired) electrons. The van der Waals surface area contributed by atoms with E-state index < -0.39 is 10.8 Å². The van der Waals surface area contributed by atoms with Crippen molar-refractivity contribution in [3.8, 4) is 0 Å². The summed E-state index contributed by atoms with van der Waals surface area (Å²) in [5.41, 5.74) is 0. The van der Waals surface area contributed by atoms with Gasteiger partial charge in [0.2, 0.25) is 0 Å². The van der Waals surface area contributed by atoms with Gasteiger partial charge in [0.1, 0.15) is 0 Å². The molecule has 64 valence electrons. The normalized spacial score (nSPS) is 44.9. The molecule has 0 bridgehead atoms. The van der Waals surface area contributed by atoms with Crippen molar-refractivity contribution in [2.45, 2.75) is 43.8 Å². The molecule has 0 aromatic heterocycles. The standard InChI is InChI=1S/C9H16OS/c10-11-7-3-5-8-4-1-2-6-9(8)11/h8-9H,1-7H2/t8-,9-,11?/m1/s1. The van der Waals surface area contributed by atoms with E-state index in [4.69, 9.17) is 0 Å². The summed E-state index contributed by atoms with van der Waals surface area (Å²) in [6, 6.07) is 0. The quantitative estimate of drug-likeness (QED) is 0.547. The Labute approximate surface area is 71.0 Å². The summed E-state index contributed by atoms with van der Waals surface area (Å²) < 4.78 is 11.5. The smallest absolute Gasteiger partial charge is 0.0376 e. The van der Waals surface area contributed by atoms with Crippen LogP contribution in [0.3, 0.4) is 0 Å². The summed E-state index contributed by atoms with van der Waals surface area (Å²) in [6.45, 7) is 0. The van der Waals surface area contributed by atoms with Crippen LogP contribution in [0.2, 0.25) is 0 Å². The van der Waals surface area contributed by atoms with Crippen LogP contribution in [0.5, 0.6) is 0 Å². The summed E-state index contributed by atoms with van der Waals surface area (Å²) in [6.07, 6.45) is 7.89. The van der Waals surface area contributed by atoms with Crippen LogP contribution in [0, 0.1) is 5.92 Å². The second kappa shape index (κ2) is 3.26. The Bertz CT molecular complexity index is 165. The molecule has 1 saturated carbocycles. The second-order valence-electron chi connectivity index (χ2n) is 3.81. The molecule has 2 rings (SSSR count). The number of hydrogen-bond donors (Lipinski definition) is 0. The molecule has 0 aromatic rings. The maximum Gasteiger partial charge on any atom is 0.0376 e. The van der Waals surface area contributed by atoms with E-state index in [1.54, 1.807) is 0 Å². The van der Waals surface area contributed by atoms with Gasteiger partial charge in [0.15, 0.2) is 0 Å². The zero-order valence-corrected chi connectivity index (χ0v) is 7.74. The van der Waals surface area contributed by atoms with E-state index in [-0.39, 0.29) is 0 Å². The molecule has 2 heteroatoms. The van der Waals surface area contributed by atoms with Crippen molar-refractivity contribution in [2.75, 3.05) is 5.75 Å². The fourth-order valence-corrected chi connectivity index (χ4v) is 4.37. The first-order chi connectivity index (χ1) is 5.38. The van der Waals surface area contributed by atoms with Gasteiger partial charge in [-0.05, 0) is 31.6 Å². The van der Waals surface area contributed by atoms with Crippen molar-refractivity contribution in [1.29, 1.82) is 0 Å². The highest BCUT2D eigenvalue weighted by Gasteiger charge is 2.32. The highest BCUT2D eigenvalue weighted by atomic mass is 32.2. The summed E-state index contributed by atoms with van der Waals surface area (Å²) >= 11 is 0. The Morgan fingerprint density at radius 2 is 1.73 bits per heavy atom. The van der Waals surface area contributed by atoms with E-state index in [1.165, 1.54) is 38.5 Å². The van der Waals surface area contributed by atoms with Crippen LogP contribution in [0.4, 0.5) is 0 Å². The van der Waals surface area contributed by atoms with Crippen molar-refractivity contribution >= 4 is 10.8 Å². The Hall–Kier alpha value is 0.150. The lowest BCUT2D eigenvalue weighted by atomic mass is 9.85. The molecule has 1 aliphatic heterocycles. The van der Waals surface area contributed by atoms with Gasteiger partial charge < -0.3 is 0 Å². The monoisotopic (exact) mass is 172 g/mol. The lowest BCUT2D eigenvalue weighted by Crippen LogP contribution is -2.34. The Morgan fingerprint density at radius 1 is 1.00 bits per heavy atom. The molecule has 3 atom stereocenters. The van der Waals surface area contributed by atoms with Gasteiger partial charge in [-0.3, -0.25) is 4.21 Å². The first kappa shape index (κ1) is 7.78. The molecular weight excluding hydrogens is 156 g/mol. The van der Waals surface area contributed by atoms with Gasteiger partial charge in [-0.25, -0.2) is 0 Å². The molecule has 1 nitrogen and oxygen atoms in total. The van der Waals surface area contributed by atoms with Gasteiger partial charge >= 0.3 is 0 Å². The maximum atomic E-state index is 11.5. The van der Waals surface area contributed by atoms with Gasteiger partial charge in [0.25, 0.3) is 0 Å². The van der Waals surface area contributed by atoms with Crippen molar-refractivity contribution in [3.05, 3.63) is 0 Å². The van der Waals surface area contributed by atoms with Crippen LogP contribution >= 0.6 is 0 Å². The molecule has 1 heterocycles. The molecule has 1 unspecified atom stereocenters. The number of hydrogen-bond acceptors (Lipinski definition) is 1. The molecule has 0 aromatic carbocycles. The van der Waals surface area contributed by atoms with Crippen LogP contribution in [-0.4, -0.2) is 15.2 Å². The zero-order chi connectivity index (χ0) is 7.68. The molecule has 11 heavy (non-hydrogen) atoms. The highest BCUT2D eigenvalue weighted by Crippen LogP contribution is 2.34. The topological polar surface area (TPSA) is 17.1 Å². The predicted octanol–water partition coefficient (Wildman–Crippen LogP) is 2.09. The van der Waals surface area contributed by atoms with Gasteiger partial charge in [0, 0.05) is 21.8 Å². The summed E-state index contributed by atoms with van der Waals surface area (Å²) in [7, 11) is -0.457. The highest BCUT2D eigenvalue weighted by molar-refractivity contribution is 7.85. The average molecular weight is 172 g/mol. The third-order valence-corrected chi connectivity index (χ3v) is 5.08. The van der Waals surface area contributed by atoms with Crippen LogP contribution < -0.4 is 0 Å². The number of fused-ring (bicyclic) bond motifs is 1. The third kappa shape index (κ3) is 1.51. The van der Waals surface area contributed by atoms with Gasteiger partial charge in [-0.2, -0.15) is 0 Å². The molecular formula is C9H16OS. The first-order valence-electron chi connectivity index (χ1n) is 4.75. The predicted molar refractivity (Wildman–Crippen MR) is 48.0 cm³/mol. The van der Waals surface area contributed by atoms with Crippen molar-refractivity contribution in [2.24, 2.45) is 5.92 Å². The SMILES string of the molecule is O=S1CCC[C@H]2CCCC[C@H]21. The molecule has 1 saturated heterocycles. The lowest BCUT2D eigenvalue weighted by molar-refractivity contribution is 0.332. The largest absolute Gasteiger partial charge is 0.259 e. The van der Waals surface area contributed by atoms with Crippen LogP contribution in [0.15, 0.2) is 0 Å². The minimum atomic E-state index is -0.457. The van der Waals surface area contributed by atoms with E-state index in [0.29, 0.717) is 5.25 Å². The first-order valence-corrected chi connectivity index (χ1v) is 6.13. The minimum Gasteiger partial charge on any atom is -0.259 e. The van der Waals surface area contributed by atoms with Crippen molar-refractivity contribution in [3.63, 3.8) is 0 Å². The van der Waals surface area contributed by atoms with Crippen LogP contribution in [-0.2, 0) is 10.8 Å². The molecule has 0 N–H and O–H groups in total. The van der Waals surface area contributed by atoms with E-state index in [9.17, 15) is 4.21 Å².